The Hall–Kier alpha value is -2.03. The highest BCUT2D eigenvalue weighted by Crippen LogP contribution is 2.29. The summed E-state index contributed by atoms with van der Waals surface area (Å²) >= 11 is 0. The zero-order chi connectivity index (χ0) is 13.1. The molecule has 0 spiro atoms. The molecule has 0 heterocycles. The van der Waals surface area contributed by atoms with Crippen LogP contribution in [0.1, 0.15) is 17.5 Å². The first-order valence-electron chi connectivity index (χ1n) is 4.38. The van der Waals surface area contributed by atoms with Gasteiger partial charge in [-0.05, 0) is 18.2 Å². The average Bonchev–Trinajstić information content (AvgIpc) is 2.18. The van der Waals surface area contributed by atoms with E-state index in [1.54, 1.807) is 0 Å². The largest absolute Gasteiger partial charge is 0.481 e. The van der Waals surface area contributed by atoms with Gasteiger partial charge in [-0.15, -0.1) is 0 Å². The Morgan fingerprint density at radius 3 is 2.47 bits per heavy atom. The number of benzene rings is 1. The molecule has 1 aromatic rings. The van der Waals surface area contributed by atoms with E-state index in [1.165, 1.54) is 0 Å². The molecule has 0 aliphatic carbocycles. The molecule has 0 atom stereocenters. The second-order valence-electron chi connectivity index (χ2n) is 3.06. The van der Waals surface area contributed by atoms with Gasteiger partial charge in [0.05, 0.1) is 11.1 Å². The van der Waals surface area contributed by atoms with E-state index in [4.69, 9.17) is 5.11 Å². The van der Waals surface area contributed by atoms with Gasteiger partial charge in [-0.2, -0.15) is 13.2 Å². The Bertz CT molecular complexity index is 494. The van der Waals surface area contributed by atoms with E-state index < -0.39 is 29.9 Å². The fraction of sp³-hybridized carbons (Fsp3) is 0.182. The Balaban J connectivity index is 2.97. The maximum absolute atomic E-state index is 13.2. The number of carbonyl (C=O) groups is 1. The Labute approximate surface area is 93.9 Å². The Kier molecular flexibility index (Phi) is 3.73. The van der Waals surface area contributed by atoms with E-state index in [1.807, 2.05) is 0 Å². The highest BCUT2D eigenvalue weighted by molar-refractivity contribution is 5.70. The fourth-order valence-corrected chi connectivity index (χ4v) is 1.01. The highest BCUT2D eigenvalue weighted by atomic mass is 19.4. The third-order valence-corrected chi connectivity index (χ3v) is 1.76. The van der Waals surface area contributed by atoms with Crippen molar-refractivity contribution in [1.29, 1.82) is 0 Å². The Morgan fingerprint density at radius 2 is 2.00 bits per heavy atom. The zero-order valence-electron chi connectivity index (χ0n) is 8.31. The molecule has 0 aliphatic heterocycles. The first-order valence-corrected chi connectivity index (χ1v) is 4.38. The summed E-state index contributed by atoms with van der Waals surface area (Å²) in [6.07, 6.45) is -5.12. The molecular formula is C11H6F4O2. The summed E-state index contributed by atoms with van der Waals surface area (Å²) in [7, 11) is 0. The van der Waals surface area contributed by atoms with Crippen LogP contribution in [0.15, 0.2) is 18.2 Å². The predicted molar refractivity (Wildman–Crippen MR) is 50.5 cm³/mol. The number of carboxylic acids is 1. The van der Waals surface area contributed by atoms with E-state index in [9.17, 15) is 22.4 Å². The standard InChI is InChI=1S/C11H6F4O2/c12-9-6-8(11(13,14)15)5-4-7(9)2-1-3-10(16)17/h4-6H,3H2,(H,16,17). The summed E-state index contributed by atoms with van der Waals surface area (Å²) in [6.45, 7) is 0. The predicted octanol–water partition coefficient (Wildman–Crippen LogP) is 2.67. The van der Waals surface area contributed by atoms with Gasteiger partial charge in [-0.1, -0.05) is 11.8 Å². The second kappa shape index (κ2) is 4.87. The molecule has 0 aliphatic rings. The maximum Gasteiger partial charge on any atom is 0.416 e. The van der Waals surface area contributed by atoms with Crippen LogP contribution < -0.4 is 0 Å². The highest BCUT2D eigenvalue weighted by Gasteiger charge is 2.30. The molecule has 1 aromatic carbocycles. The van der Waals surface area contributed by atoms with Crippen molar-refractivity contribution in [2.75, 3.05) is 0 Å². The number of aliphatic carboxylic acids is 1. The summed E-state index contributed by atoms with van der Waals surface area (Å²) in [6, 6.07) is 1.88. The van der Waals surface area contributed by atoms with Crippen molar-refractivity contribution in [3.05, 3.63) is 35.1 Å². The molecule has 0 saturated heterocycles. The van der Waals surface area contributed by atoms with Crippen molar-refractivity contribution in [2.45, 2.75) is 12.6 Å². The third kappa shape index (κ3) is 3.79. The van der Waals surface area contributed by atoms with Crippen LogP contribution in [0.4, 0.5) is 17.6 Å². The minimum atomic E-state index is -4.62. The molecule has 6 heteroatoms. The zero-order valence-corrected chi connectivity index (χ0v) is 8.31. The van der Waals surface area contributed by atoms with Crippen LogP contribution in [0.25, 0.3) is 0 Å². The molecule has 1 rings (SSSR count). The number of hydrogen-bond donors (Lipinski definition) is 1. The fourth-order valence-electron chi connectivity index (χ4n) is 1.01. The molecular weight excluding hydrogens is 240 g/mol. The van der Waals surface area contributed by atoms with Gasteiger partial charge < -0.3 is 5.11 Å². The molecule has 0 fully saturated rings. The van der Waals surface area contributed by atoms with Gasteiger partial charge in [-0.25, -0.2) is 4.39 Å². The first-order chi connectivity index (χ1) is 7.80. The van der Waals surface area contributed by atoms with E-state index in [2.05, 4.69) is 11.8 Å². The van der Waals surface area contributed by atoms with Gasteiger partial charge in [0.1, 0.15) is 12.2 Å². The molecule has 2 nitrogen and oxygen atoms in total. The minimum absolute atomic E-state index is 0.265. The molecule has 1 N–H and O–H groups in total. The summed E-state index contributed by atoms with van der Waals surface area (Å²) in [5.74, 6) is 1.96. The van der Waals surface area contributed by atoms with E-state index >= 15 is 0 Å². The van der Waals surface area contributed by atoms with Crippen LogP contribution in [0.5, 0.6) is 0 Å². The lowest BCUT2D eigenvalue weighted by Crippen LogP contribution is -2.05. The molecule has 0 bridgehead atoms. The normalized spacial score (nSPS) is 10.6. The van der Waals surface area contributed by atoms with Gasteiger partial charge in [0.15, 0.2) is 0 Å². The number of carboxylic acid groups (broad SMARTS) is 1. The lowest BCUT2D eigenvalue weighted by atomic mass is 10.1. The molecule has 90 valence electrons. The SMILES string of the molecule is O=C(O)CC#Cc1ccc(C(F)(F)F)cc1F. The smallest absolute Gasteiger partial charge is 0.416 e. The van der Waals surface area contributed by atoms with Crippen molar-refractivity contribution >= 4 is 5.97 Å². The summed E-state index contributed by atoms with van der Waals surface area (Å²) in [4.78, 5) is 10.1. The number of rotatable bonds is 1. The van der Waals surface area contributed by atoms with Crippen LogP contribution in [-0.2, 0) is 11.0 Å². The van der Waals surface area contributed by atoms with Crippen LogP contribution in [0.3, 0.4) is 0 Å². The van der Waals surface area contributed by atoms with Crippen molar-refractivity contribution in [1.82, 2.24) is 0 Å². The van der Waals surface area contributed by atoms with E-state index in [0.717, 1.165) is 6.07 Å². The van der Waals surface area contributed by atoms with Crippen molar-refractivity contribution in [3.63, 3.8) is 0 Å². The second-order valence-corrected chi connectivity index (χ2v) is 3.06. The number of hydrogen-bond acceptors (Lipinski definition) is 1. The minimum Gasteiger partial charge on any atom is -0.481 e. The monoisotopic (exact) mass is 246 g/mol. The molecule has 0 aromatic heterocycles. The van der Waals surface area contributed by atoms with Crippen molar-refractivity contribution in [2.24, 2.45) is 0 Å². The average molecular weight is 246 g/mol. The van der Waals surface area contributed by atoms with Crippen molar-refractivity contribution < 1.29 is 27.5 Å². The van der Waals surface area contributed by atoms with Gasteiger partial charge in [0.2, 0.25) is 0 Å². The maximum atomic E-state index is 13.2. The molecule has 0 radical (unpaired) electrons. The molecule has 17 heavy (non-hydrogen) atoms. The van der Waals surface area contributed by atoms with Crippen LogP contribution in [-0.4, -0.2) is 11.1 Å². The van der Waals surface area contributed by atoms with Gasteiger partial charge in [-0.3, -0.25) is 4.79 Å². The van der Waals surface area contributed by atoms with Gasteiger partial charge >= 0.3 is 12.1 Å². The Morgan fingerprint density at radius 1 is 1.35 bits per heavy atom. The van der Waals surface area contributed by atoms with E-state index in [-0.39, 0.29) is 5.56 Å². The number of halogens is 4. The lowest BCUT2D eigenvalue weighted by molar-refractivity contribution is -0.138. The summed E-state index contributed by atoms with van der Waals surface area (Å²) in [5.41, 5.74) is -1.38. The van der Waals surface area contributed by atoms with Crippen molar-refractivity contribution in [3.8, 4) is 11.8 Å². The molecule has 0 saturated carbocycles. The summed E-state index contributed by atoms with van der Waals surface area (Å²) in [5, 5.41) is 8.27. The van der Waals surface area contributed by atoms with Crippen LogP contribution in [0, 0.1) is 17.7 Å². The molecule has 0 amide bonds. The third-order valence-electron chi connectivity index (χ3n) is 1.76. The number of alkyl halides is 3. The van der Waals surface area contributed by atoms with E-state index in [0.29, 0.717) is 12.1 Å². The van der Waals surface area contributed by atoms with Gasteiger partial charge in [0, 0.05) is 0 Å². The topological polar surface area (TPSA) is 37.3 Å². The quantitative estimate of drug-likeness (QED) is 0.611. The summed E-state index contributed by atoms with van der Waals surface area (Å²) < 4.78 is 49.7. The lowest BCUT2D eigenvalue weighted by Gasteiger charge is -2.06. The molecule has 0 unspecified atom stereocenters. The van der Waals surface area contributed by atoms with Crippen LogP contribution in [0.2, 0.25) is 0 Å². The van der Waals surface area contributed by atoms with Crippen LogP contribution >= 0.6 is 0 Å². The first kappa shape index (κ1) is 13.0. The van der Waals surface area contributed by atoms with Gasteiger partial charge in [0.25, 0.3) is 0 Å².